The molecule has 0 amide bonds. The zero-order valence-electron chi connectivity index (χ0n) is 8.26. The zero-order valence-corrected chi connectivity index (χ0v) is 8.26. The summed E-state index contributed by atoms with van der Waals surface area (Å²) in [6.07, 6.45) is 3.28. The standard InChI is InChI=1S/C10H19NO/c1-4-11-10(8(2)3)9-6-5-7-12-9/h6,8,10-11H,4-5,7H2,1-3H3. The van der Waals surface area contributed by atoms with Crippen molar-refractivity contribution in [2.75, 3.05) is 13.2 Å². The van der Waals surface area contributed by atoms with Crippen LogP contribution in [0.4, 0.5) is 0 Å². The van der Waals surface area contributed by atoms with Crippen LogP contribution in [0.5, 0.6) is 0 Å². The Balaban J connectivity index is 2.52. The van der Waals surface area contributed by atoms with E-state index in [-0.39, 0.29) is 0 Å². The fourth-order valence-corrected chi connectivity index (χ4v) is 1.54. The normalized spacial score (nSPS) is 19.2. The first-order valence-corrected chi connectivity index (χ1v) is 4.82. The molecule has 0 aliphatic carbocycles. The largest absolute Gasteiger partial charge is 0.496 e. The molecule has 0 aromatic heterocycles. The molecule has 0 saturated heterocycles. The molecule has 2 heteroatoms. The Morgan fingerprint density at radius 3 is 2.75 bits per heavy atom. The molecule has 70 valence electrons. The molecule has 0 aromatic carbocycles. The minimum atomic E-state index is 0.414. The van der Waals surface area contributed by atoms with Crippen LogP contribution < -0.4 is 5.32 Å². The molecule has 2 nitrogen and oxygen atoms in total. The third-order valence-electron chi connectivity index (χ3n) is 2.13. The van der Waals surface area contributed by atoms with Gasteiger partial charge in [-0.1, -0.05) is 20.8 Å². The molecule has 0 spiro atoms. The highest BCUT2D eigenvalue weighted by atomic mass is 16.5. The van der Waals surface area contributed by atoms with Gasteiger partial charge < -0.3 is 10.1 Å². The van der Waals surface area contributed by atoms with Crippen molar-refractivity contribution in [3.8, 4) is 0 Å². The molecule has 1 unspecified atom stereocenters. The SMILES string of the molecule is CCNC(C1=CCCO1)C(C)C. The lowest BCUT2D eigenvalue weighted by molar-refractivity contribution is 0.200. The minimum Gasteiger partial charge on any atom is -0.496 e. The fraction of sp³-hybridized carbons (Fsp3) is 0.800. The fourth-order valence-electron chi connectivity index (χ4n) is 1.54. The summed E-state index contributed by atoms with van der Waals surface area (Å²) < 4.78 is 5.53. The molecule has 0 bridgehead atoms. The molecule has 12 heavy (non-hydrogen) atoms. The van der Waals surface area contributed by atoms with Gasteiger partial charge in [-0.05, 0) is 18.5 Å². The predicted molar refractivity (Wildman–Crippen MR) is 51.0 cm³/mol. The number of hydrogen-bond donors (Lipinski definition) is 1. The van der Waals surface area contributed by atoms with Crippen LogP contribution in [0.3, 0.4) is 0 Å². The van der Waals surface area contributed by atoms with Gasteiger partial charge in [-0.25, -0.2) is 0 Å². The summed E-state index contributed by atoms with van der Waals surface area (Å²) in [5, 5.41) is 3.43. The van der Waals surface area contributed by atoms with E-state index >= 15 is 0 Å². The Morgan fingerprint density at radius 1 is 1.58 bits per heavy atom. The van der Waals surface area contributed by atoms with Gasteiger partial charge in [0.15, 0.2) is 0 Å². The number of rotatable bonds is 4. The second-order valence-electron chi connectivity index (χ2n) is 3.52. The molecule has 0 fully saturated rings. The summed E-state index contributed by atoms with van der Waals surface area (Å²) in [5.41, 5.74) is 0. The van der Waals surface area contributed by atoms with Gasteiger partial charge in [0, 0.05) is 6.42 Å². The Bertz CT molecular complexity index is 163. The van der Waals surface area contributed by atoms with E-state index in [0.717, 1.165) is 25.3 Å². The quantitative estimate of drug-likeness (QED) is 0.694. The van der Waals surface area contributed by atoms with E-state index in [9.17, 15) is 0 Å². The maximum Gasteiger partial charge on any atom is 0.109 e. The lowest BCUT2D eigenvalue weighted by Gasteiger charge is -2.22. The third kappa shape index (κ3) is 2.24. The average molecular weight is 169 g/mol. The van der Waals surface area contributed by atoms with Crippen LogP contribution in [0.2, 0.25) is 0 Å². The van der Waals surface area contributed by atoms with Gasteiger partial charge >= 0.3 is 0 Å². The molecule has 1 rings (SSSR count). The number of likely N-dealkylation sites (N-methyl/N-ethyl adjacent to an activating group) is 1. The molecular weight excluding hydrogens is 150 g/mol. The van der Waals surface area contributed by atoms with Gasteiger partial charge in [-0.3, -0.25) is 0 Å². The maximum absolute atomic E-state index is 5.53. The lowest BCUT2D eigenvalue weighted by Crippen LogP contribution is -2.35. The highest BCUT2D eigenvalue weighted by Gasteiger charge is 2.20. The highest BCUT2D eigenvalue weighted by Crippen LogP contribution is 2.18. The minimum absolute atomic E-state index is 0.414. The van der Waals surface area contributed by atoms with Crippen molar-refractivity contribution in [1.29, 1.82) is 0 Å². The number of hydrogen-bond acceptors (Lipinski definition) is 2. The van der Waals surface area contributed by atoms with Crippen molar-refractivity contribution < 1.29 is 4.74 Å². The molecular formula is C10H19NO. The van der Waals surface area contributed by atoms with Gasteiger partial charge in [-0.2, -0.15) is 0 Å². The van der Waals surface area contributed by atoms with Crippen molar-refractivity contribution in [1.82, 2.24) is 5.32 Å². The lowest BCUT2D eigenvalue weighted by atomic mass is 10.0. The number of ether oxygens (including phenoxy) is 1. The summed E-state index contributed by atoms with van der Waals surface area (Å²) in [4.78, 5) is 0. The van der Waals surface area contributed by atoms with Crippen molar-refractivity contribution in [3.63, 3.8) is 0 Å². The molecule has 0 radical (unpaired) electrons. The molecule has 1 aliphatic heterocycles. The topological polar surface area (TPSA) is 21.3 Å². The molecule has 1 atom stereocenters. The molecule has 1 N–H and O–H groups in total. The summed E-state index contributed by atoms with van der Waals surface area (Å²) in [6.45, 7) is 8.43. The second-order valence-corrected chi connectivity index (χ2v) is 3.52. The van der Waals surface area contributed by atoms with Crippen LogP contribution in [0.1, 0.15) is 27.2 Å². The first kappa shape index (κ1) is 9.59. The van der Waals surface area contributed by atoms with E-state index in [1.165, 1.54) is 0 Å². The summed E-state index contributed by atoms with van der Waals surface area (Å²) in [5.74, 6) is 1.75. The first-order chi connectivity index (χ1) is 5.75. The van der Waals surface area contributed by atoms with E-state index in [2.05, 4.69) is 32.2 Å². The molecule has 0 saturated carbocycles. The van der Waals surface area contributed by atoms with Crippen LogP contribution in [0.15, 0.2) is 11.8 Å². The zero-order chi connectivity index (χ0) is 8.97. The van der Waals surface area contributed by atoms with Crippen molar-refractivity contribution >= 4 is 0 Å². The Kier molecular flexibility index (Phi) is 3.60. The summed E-state index contributed by atoms with van der Waals surface area (Å²) >= 11 is 0. The van der Waals surface area contributed by atoms with Crippen LogP contribution in [0.25, 0.3) is 0 Å². The highest BCUT2D eigenvalue weighted by molar-refractivity contribution is 5.07. The maximum atomic E-state index is 5.53. The van der Waals surface area contributed by atoms with Crippen LogP contribution >= 0.6 is 0 Å². The van der Waals surface area contributed by atoms with Crippen LogP contribution in [0, 0.1) is 5.92 Å². The van der Waals surface area contributed by atoms with Gasteiger partial charge in [0.1, 0.15) is 5.76 Å². The molecule has 1 heterocycles. The van der Waals surface area contributed by atoms with E-state index < -0.39 is 0 Å². The first-order valence-electron chi connectivity index (χ1n) is 4.82. The second kappa shape index (κ2) is 4.51. The van der Waals surface area contributed by atoms with Crippen molar-refractivity contribution in [3.05, 3.63) is 11.8 Å². The van der Waals surface area contributed by atoms with Gasteiger partial charge in [0.2, 0.25) is 0 Å². The number of nitrogens with one attached hydrogen (secondary N) is 1. The van der Waals surface area contributed by atoms with E-state index in [1.54, 1.807) is 0 Å². The smallest absolute Gasteiger partial charge is 0.109 e. The van der Waals surface area contributed by atoms with Crippen LogP contribution in [-0.4, -0.2) is 19.2 Å². The molecule has 0 aromatic rings. The monoisotopic (exact) mass is 169 g/mol. The van der Waals surface area contributed by atoms with E-state index in [1.807, 2.05) is 0 Å². The predicted octanol–water partition coefficient (Wildman–Crippen LogP) is 1.92. The summed E-state index contributed by atoms with van der Waals surface area (Å²) in [6, 6.07) is 0.414. The van der Waals surface area contributed by atoms with E-state index in [0.29, 0.717) is 12.0 Å². The van der Waals surface area contributed by atoms with Crippen molar-refractivity contribution in [2.24, 2.45) is 5.92 Å². The third-order valence-corrected chi connectivity index (χ3v) is 2.13. The molecule has 1 aliphatic rings. The van der Waals surface area contributed by atoms with Crippen LogP contribution in [-0.2, 0) is 4.74 Å². The Hall–Kier alpha value is -0.500. The Labute approximate surface area is 75.0 Å². The van der Waals surface area contributed by atoms with Gasteiger partial charge in [-0.15, -0.1) is 0 Å². The van der Waals surface area contributed by atoms with Gasteiger partial charge in [0.05, 0.1) is 12.6 Å². The van der Waals surface area contributed by atoms with E-state index in [4.69, 9.17) is 4.74 Å². The average Bonchev–Trinajstić information content (AvgIpc) is 2.51. The Morgan fingerprint density at radius 2 is 2.33 bits per heavy atom. The van der Waals surface area contributed by atoms with Crippen molar-refractivity contribution in [2.45, 2.75) is 33.2 Å². The summed E-state index contributed by atoms with van der Waals surface area (Å²) in [7, 11) is 0. The van der Waals surface area contributed by atoms with Gasteiger partial charge in [0.25, 0.3) is 0 Å².